The maximum absolute atomic E-state index is 9.66. The smallest absolute Gasteiger partial charge is 0.0602 e. The first-order valence-electron chi connectivity index (χ1n) is 6.78. The van der Waals surface area contributed by atoms with Crippen molar-refractivity contribution in [2.75, 3.05) is 19.7 Å². The highest BCUT2D eigenvalue weighted by atomic mass is 16.3. The summed E-state index contributed by atoms with van der Waals surface area (Å²) in [5.41, 5.74) is 6.71. The molecule has 0 saturated carbocycles. The van der Waals surface area contributed by atoms with Gasteiger partial charge in [0.25, 0.3) is 0 Å². The third kappa shape index (κ3) is 3.94. The van der Waals surface area contributed by atoms with Crippen molar-refractivity contribution in [2.45, 2.75) is 59.5 Å². The maximum Gasteiger partial charge on any atom is 0.0602 e. The highest BCUT2D eigenvalue weighted by molar-refractivity contribution is 4.93. The minimum Gasteiger partial charge on any atom is -0.395 e. The van der Waals surface area contributed by atoms with Gasteiger partial charge in [-0.25, -0.2) is 0 Å². The summed E-state index contributed by atoms with van der Waals surface area (Å²) in [5, 5.41) is 9.66. The molecule has 2 atom stereocenters. The molecule has 0 bridgehead atoms. The molecule has 17 heavy (non-hydrogen) atoms. The Morgan fingerprint density at radius 3 is 2.35 bits per heavy atom. The van der Waals surface area contributed by atoms with Crippen molar-refractivity contribution in [3.05, 3.63) is 0 Å². The summed E-state index contributed by atoms with van der Waals surface area (Å²) in [6.45, 7) is 13.3. The number of aliphatic hydroxyl groups is 1. The average Bonchev–Trinajstić information content (AvgIpc) is 2.15. The molecule has 1 saturated heterocycles. The van der Waals surface area contributed by atoms with Crippen molar-refractivity contribution in [1.82, 2.24) is 4.90 Å². The minimum absolute atomic E-state index is 0.0152. The molecular formula is C14H30N2O. The van der Waals surface area contributed by atoms with Crippen molar-refractivity contribution >= 4 is 0 Å². The molecule has 102 valence electrons. The van der Waals surface area contributed by atoms with Crippen LogP contribution in [0.3, 0.4) is 0 Å². The van der Waals surface area contributed by atoms with E-state index in [2.05, 4.69) is 39.5 Å². The van der Waals surface area contributed by atoms with Gasteiger partial charge in [0, 0.05) is 18.6 Å². The van der Waals surface area contributed by atoms with Gasteiger partial charge in [-0.15, -0.1) is 0 Å². The first kappa shape index (κ1) is 14.9. The minimum atomic E-state index is 0.0152. The summed E-state index contributed by atoms with van der Waals surface area (Å²) in [7, 11) is 0. The van der Waals surface area contributed by atoms with Gasteiger partial charge in [-0.05, 0) is 30.2 Å². The van der Waals surface area contributed by atoms with E-state index in [1.807, 2.05) is 0 Å². The lowest BCUT2D eigenvalue weighted by Gasteiger charge is -2.46. The average molecular weight is 242 g/mol. The van der Waals surface area contributed by atoms with Gasteiger partial charge in [0.1, 0.15) is 0 Å². The largest absolute Gasteiger partial charge is 0.395 e. The Hall–Kier alpha value is -0.120. The highest BCUT2D eigenvalue weighted by Gasteiger charge is 2.36. The van der Waals surface area contributed by atoms with Crippen LogP contribution in [0, 0.1) is 10.8 Å². The van der Waals surface area contributed by atoms with Gasteiger partial charge in [0.15, 0.2) is 0 Å². The molecule has 1 rings (SSSR count). The summed E-state index contributed by atoms with van der Waals surface area (Å²) in [6.07, 6.45) is 2.48. The van der Waals surface area contributed by atoms with Gasteiger partial charge < -0.3 is 10.8 Å². The number of nitrogens with two attached hydrogens (primary N) is 1. The summed E-state index contributed by atoms with van der Waals surface area (Å²) >= 11 is 0. The Kier molecular flexibility index (Phi) is 4.61. The highest BCUT2D eigenvalue weighted by Crippen LogP contribution is 2.32. The van der Waals surface area contributed by atoms with Crippen LogP contribution in [0.1, 0.15) is 47.5 Å². The number of aliphatic hydroxyl groups excluding tert-OH is 1. The van der Waals surface area contributed by atoms with Crippen molar-refractivity contribution in [1.29, 1.82) is 0 Å². The number of piperidine rings is 1. The van der Waals surface area contributed by atoms with E-state index in [0.717, 1.165) is 13.1 Å². The second-order valence-electron chi connectivity index (χ2n) is 7.38. The predicted molar refractivity (Wildman–Crippen MR) is 72.9 cm³/mol. The summed E-state index contributed by atoms with van der Waals surface area (Å²) in [4.78, 5) is 2.39. The zero-order valence-corrected chi connectivity index (χ0v) is 12.2. The van der Waals surface area contributed by atoms with Gasteiger partial charge >= 0.3 is 0 Å². The van der Waals surface area contributed by atoms with Crippen LogP contribution in [0.25, 0.3) is 0 Å². The van der Waals surface area contributed by atoms with Gasteiger partial charge in [-0.3, -0.25) is 4.90 Å². The first-order valence-corrected chi connectivity index (χ1v) is 6.78. The summed E-state index contributed by atoms with van der Waals surface area (Å²) in [5.74, 6) is 0. The van der Waals surface area contributed by atoms with Crippen LogP contribution in [-0.2, 0) is 0 Å². The second kappa shape index (κ2) is 5.25. The number of likely N-dealkylation sites (tertiary alicyclic amines) is 1. The molecule has 1 heterocycles. The lowest BCUT2D eigenvalue weighted by atomic mass is 9.79. The standard InChI is InChI=1S/C14H30N2O/c1-13(2,3)12(15)11(9-17)16-8-6-7-14(4,5)10-16/h11-12,17H,6-10,15H2,1-5H3. The number of hydrogen-bond donors (Lipinski definition) is 2. The fourth-order valence-corrected chi connectivity index (χ4v) is 2.78. The van der Waals surface area contributed by atoms with E-state index in [1.165, 1.54) is 12.8 Å². The summed E-state index contributed by atoms with van der Waals surface area (Å²) in [6, 6.07) is 0.107. The van der Waals surface area contributed by atoms with E-state index in [-0.39, 0.29) is 24.1 Å². The Labute approximate surface area is 106 Å². The number of rotatable bonds is 3. The molecule has 0 amide bonds. The molecule has 1 aliphatic rings. The molecule has 1 fully saturated rings. The van der Waals surface area contributed by atoms with Crippen LogP contribution in [-0.4, -0.2) is 41.8 Å². The topological polar surface area (TPSA) is 49.5 Å². The normalized spacial score (nSPS) is 25.6. The lowest BCUT2D eigenvalue weighted by Crippen LogP contribution is -2.58. The Morgan fingerprint density at radius 2 is 1.94 bits per heavy atom. The molecule has 3 nitrogen and oxygen atoms in total. The molecule has 3 N–H and O–H groups in total. The van der Waals surface area contributed by atoms with Crippen LogP contribution in [0.5, 0.6) is 0 Å². The van der Waals surface area contributed by atoms with Crippen LogP contribution in [0.4, 0.5) is 0 Å². The van der Waals surface area contributed by atoms with Gasteiger partial charge in [-0.1, -0.05) is 34.6 Å². The van der Waals surface area contributed by atoms with Crippen molar-refractivity contribution < 1.29 is 5.11 Å². The van der Waals surface area contributed by atoms with Crippen molar-refractivity contribution in [2.24, 2.45) is 16.6 Å². The van der Waals surface area contributed by atoms with E-state index < -0.39 is 0 Å². The molecule has 0 aromatic rings. The molecular weight excluding hydrogens is 212 g/mol. The van der Waals surface area contributed by atoms with E-state index >= 15 is 0 Å². The lowest BCUT2D eigenvalue weighted by molar-refractivity contribution is 0.0189. The van der Waals surface area contributed by atoms with Crippen LogP contribution >= 0.6 is 0 Å². The fourth-order valence-electron chi connectivity index (χ4n) is 2.78. The third-order valence-corrected chi connectivity index (χ3v) is 4.00. The maximum atomic E-state index is 9.66. The van der Waals surface area contributed by atoms with E-state index in [9.17, 15) is 5.11 Å². The van der Waals surface area contributed by atoms with E-state index in [0.29, 0.717) is 5.41 Å². The molecule has 1 aliphatic heterocycles. The second-order valence-corrected chi connectivity index (χ2v) is 7.38. The van der Waals surface area contributed by atoms with Gasteiger partial charge in [0.2, 0.25) is 0 Å². The first-order chi connectivity index (χ1) is 7.67. The molecule has 0 aliphatic carbocycles. The monoisotopic (exact) mass is 242 g/mol. The van der Waals surface area contributed by atoms with Crippen molar-refractivity contribution in [3.8, 4) is 0 Å². The zero-order valence-electron chi connectivity index (χ0n) is 12.2. The number of hydrogen-bond acceptors (Lipinski definition) is 3. The fraction of sp³-hybridized carbons (Fsp3) is 1.00. The third-order valence-electron chi connectivity index (χ3n) is 4.00. The van der Waals surface area contributed by atoms with Gasteiger partial charge in [-0.2, -0.15) is 0 Å². The van der Waals surface area contributed by atoms with Crippen LogP contribution in [0.2, 0.25) is 0 Å². The van der Waals surface area contributed by atoms with E-state index in [4.69, 9.17) is 5.73 Å². The molecule has 2 unspecified atom stereocenters. The molecule has 0 aromatic carbocycles. The quantitative estimate of drug-likeness (QED) is 0.794. The number of nitrogens with zero attached hydrogens (tertiary/aromatic N) is 1. The molecule has 0 radical (unpaired) electrons. The Balaban J connectivity index is 2.74. The molecule has 3 heteroatoms. The van der Waals surface area contributed by atoms with Crippen LogP contribution < -0.4 is 5.73 Å². The Morgan fingerprint density at radius 1 is 1.35 bits per heavy atom. The van der Waals surface area contributed by atoms with Crippen molar-refractivity contribution in [3.63, 3.8) is 0 Å². The Bertz CT molecular complexity index is 245. The summed E-state index contributed by atoms with van der Waals surface area (Å²) < 4.78 is 0. The zero-order chi connectivity index (χ0) is 13.3. The molecule has 0 spiro atoms. The predicted octanol–water partition coefficient (Wildman–Crippen LogP) is 1.84. The molecule has 0 aromatic heterocycles. The van der Waals surface area contributed by atoms with E-state index in [1.54, 1.807) is 0 Å². The van der Waals surface area contributed by atoms with Gasteiger partial charge in [0.05, 0.1) is 6.61 Å². The van der Waals surface area contributed by atoms with Crippen LogP contribution in [0.15, 0.2) is 0 Å². The SMILES string of the molecule is CC1(C)CCCN(C(CO)C(N)C(C)(C)C)C1.